The lowest BCUT2D eigenvalue weighted by Crippen LogP contribution is -2.43. The molecule has 1 fully saturated rings. The molecule has 0 bridgehead atoms. The van der Waals surface area contributed by atoms with Crippen LogP contribution in [0.3, 0.4) is 0 Å². The summed E-state index contributed by atoms with van der Waals surface area (Å²) in [6.07, 6.45) is 6.06. The first-order valence-corrected chi connectivity index (χ1v) is 11.3. The van der Waals surface area contributed by atoms with Crippen LogP contribution in [0.2, 0.25) is 0 Å². The fraction of sp³-hybridized carbons (Fsp3) is 0.360. The van der Waals surface area contributed by atoms with Gasteiger partial charge in [0.05, 0.1) is 11.7 Å². The summed E-state index contributed by atoms with van der Waals surface area (Å²) in [5, 5.41) is 14.2. The van der Waals surface area contributed by atoms with E-state index in [-0.39, 0.29) is 24.8 Å². The van der Waals surface area contributed by atoms with Gasteiger partial charge in [-0.1, -0.05) is 5.16 Å². The Labute approximate surface area is 216 Å². The first-order valence-electron chi connectivity index (χ1n) is 11.3. The van der Waals surface area contributed by atoms with E-state index in [0.29, 0.717) is 40.4 Å². The van der Waals surface area contributed by atoms with Crippen LogP contribution < -0.4 is 10.1 Å². The average molecular weight is 520 g/mol. The summed E-state index contributed by atoms with van der Waals surface area (Å²) in [5.41, 5.74) is 2.29. The smallest absolute Gasteiger partial charge is 0.155 e. The molecular formula is C25H31Cl2N5O3. The maximum Gasteiger partial charge on any atom is 0.155 e. The second-order valence-corrected chi connectivity index (χ2v) is 8.75. The molecule has 1 saturated heterocycles. The number of ether oxygens (including phenoxy) is 1. The van der Waals surface area contributed by atoms with E-state index in [2.05, 4.69) is 34.0 Å². The molecule has 3 aromatic heterocycles. The van der Waals surface area contributed by atoms with Crippen molar-refractivity contribution >= 4 is 41.3 Å². The number of benzene rings is 1. The minimum Gasteiger partial charge on any atom is -0.492 e. The fourth-order valence-electron chi connectivity index (χ4n) is 4.47. The van der Waals surface area contributed by atoms with E-state index in [1.54, 1.807) is 12.4 Å². The molecule has 0 atom stereocenters. The van der Waals surface area contributed by atoms with Crippen LogP contribution in [0, 0.1) is 0 Å². The summed E-state index contributed by atoms with van der Waals surface area (Å²) in [7, 11) is 4.31. The van der Waals surface area contributed by atoms with Crippen LogP contribution in [0.4, 0.5) is 0 Å². The molecule has 0 saturated carbocycles. The normalized spacial score (nSPS) is 15.3. The summed E-state index contributed by atoms with van der Waals surface area (Å²) in [6.45, 7) is 3.71. The quantitative estimate of drug-likeness (QED) is 0.302. The Morgan fingerprint density at radius 3 is 2.69 bits per heavy atom. The van der Waals surface area contributed by atoms with E-state index in [9.17, 15) is 5.21 Å². The monoisotopic (exact) mass is 519 g/mol. The van der Waals surface area contributed by atoms with Gasteiger partial charge < -0.3 is 23.7 Å². The lowest BCUT2D eigenvalue weighted by Gasteiger charge is -2.35. The molecule has 35 heavy (non-hydrogen) atoms. The highest BCUT2D eigenvalue weighted by atomic mass is 35.5. The number of hydrogen-bond donors (Lipinski definition) is 1. The number of piperidine rings is 1. The Kier molecular flexibility index (Phi) is 9.02. The highest BCUT2D eigenvalue weighted by Crippen LogP contribution is 2.24. The van der Waals surface area contributed by atoms with E-state index in [1.165, 1.54) is 12.8 Å². The summed E-state index contributed by atoms with van der Waals surface area (Å²) < 4.78 is 14.0. The maximum atomic E-state index is 9.65. The second-order valence-electron chi connectivity index (χ2n) is 8.75. The van der Waals surface area contributed by atoms with E-state index < -0.39 is 0 Å². The SMILES string of the molecule is CN(C)C1CCN(CCOc2ccc3oc(-c4cc5cccn5cn4)c/c(=N/O)c3c2)CC1.Cl.Cl. The minimum absolute atomic E-state index is 0. The van der Waals surface area contributed by atoms with Crippen LogP contribution in [0.1, 0.15) is 12.8 Å². The number of halogens is 2. The number of hydrogen-bond acceptors (Lipinski definition) is 7. The molecule has 4 heterocycles. The van der Waals surface area contributed by atoms with Gasteiger partial charge in [0.1, 0.15) is 29.0 Å². The van der Waals surface area contributed by atoms with E-state index in [0.717, 1.165) is 30.9 Å². The van der Waals surface area contributed by atoms with Crippen molar-refractivity contribution in [2.75, 3.05) is 40.3 Å². The Balaban J connectivity index is 0.00000171. The third kappa shape index (κ3) is 5.90. The van der Waals surface area contributed by atoms with Crippen molar-refractivity contribution in [2.24, 2.45) is 5.16 Å². The topological polar surface area (TPSA) is 78.7 Å². The zero-order chi connectivity index (χ0) is 22.8. The number of rotatable bonds is 6. The van der Waals surface area contributed by atoms with Crippen LogP contribution in [-0.2, 0) is 0 Å². The van der Waals surface area contributed by atoms with Crippen molar-refractivity contribution in [1.82, 2.24) is 19.2 Å². The molecule has 5 rings (SSSR count). The van der Waals surface area contributed by atoms with Gasteiger partial charge in [0.2, 0.25) is 0 Å². The molecule has 0 amide bonds. The highest BCUT2D eigenvalue weighted by Gasteiger charge is 2.20. The first kappa shape index (κ1) is 26.8. The van der Waals surface area contributed by atoms with Gasteiger partial charge in [0, 0.05) is 30.4 Å². The van der Waals surface area contributed by atoms with Crippen LogP contribution in [0.25, 0.3) is 27.9 Å². The number of aromatic nitrogens is 2. The molecule has 4 aromatic rings. The standard InChI is InChI=1S/C25H29N5O3.2ClH/c1-28(2)18-7-10-29(11-8-18)12-13-32-20-5-6-24-21(15-20)22(27-31)16-25(33-24)23-14-19-4-3-9-30(19)17-26-23;;/h3-6,9,14-18,31H,7-8,10-13H2,1-2H3;2*1H/b27-22-;;. The van der Waals surface area contributed by atoms with E-state index in [4.69, 9.17) is 9.15 Å². The lowest BCUT2D eigenvalue weighted by atomic mass is 10.0. The molecule has 0 aliphatic carbocycles. The van der Waals surface area contributed by atoms with Gasteiger partial charge in [-0.3, -0.25) is 4.90 Å². The van der Waals surface area contributed by atoms with Gasteiger partial charge in [-0.05, 0) is 76.4 Å². The predicted octanol–water partition coefficient (Wildman–Crippen LogP) is 4.29. The molecule has 188 valence electrons. The van der Waals surface area contributed by atoms with E-state index in [1.807, 2.05) is 47.0 Å². The van der Waals surface area contributed by atoms with Gasteiger partial charge in [-0.15, -0.1) is 24.8 Å². The van der Waals surface area contributed by atoms with Crippen LogP contribution in [-0.4, -0.2) is 70.8 Å². The number of fused-ring (bicyclic) bond motifs is 2. The number of likely N-dealkylation sites (tertiary alicyclic amines) is 1. The highest BCUT2D eigenvalue weighted by molar-refractivity contribution is 5.85. The summed E-state index contributed by atoms with van der Waals surface area (Å²) >= 11 is 0. The first-order chi connectivity index (χ1) is 16.1. The van der Waals surface area contributed by atoms with Crippen molar-refractivity contribution in [3.05, 3.63) is 60.3 Å². The molecule has 1 N–H and O–H groups in total. The molecule has 1 aliphatic heterocycles. The molecule has 0 spiro atoms. The molecule has 1 aromatic carbocycles. The van der Waals surface area contributed by atoms with Crippen molar-refractivity contribution in [3.8, 4) is 17.2 Å². The largest absolute Gasteiger partial charge is 0.492 e. The molecular weight excluding hydrogens is 489 g/mol. The molecule has 8 nitrogen and oxygen atoms in total. The average Bonchev–Trinajstić information content (AvgIpc) is 3.31. The number of nitrogens with zero attached hydrogens (tertiary/aromatic N) is 5. The lowest BCUT2D eigenvalue weighted by molar-refractivity contribution is 0.128. The molecule has 1 aliphatic rings. The van der Waals surface area contributed by atoms with Gasteiger partial charge in [-0.2, -0.15) is 0 Å². The third-order valence-electron chi connectivity index (χ3n) is 6.46. The van der Waals surface area contributed by atoms with Crippen LogP contribution >= 0.6 is 24.8 Å². The molecule has 0 radical (unpaired) electrons. The zero-order valence-electron chi connectivity index (χ0n) is 19.8. The predicted molar refractivity (Wildman–Crippen MR) is 141 cm³/mol. The van der Waals surface area contributed by atoms with Crippen molar-refractivity contribution in [3.63, 3.8) is 0 Å². The zero-order valence-corrected chi connectivity index (χ0v) is 21.5. The Morgan fingerprint density at radius 1 is 1.14 bits per heavy atom. The summed E-state index contributed by atoms with van der Waals surface area (Å²) in [4.78, 5) is 9.23. The second kappa shape index (κ2) is 11.8. The van der Waals surface area contributed by atoms with Crippen molar-refractivity contribution in [1.29, 1.82) is 0 Å². The Hall–Kier alpha value is -2.78. The van der Waals surface area contributed by atoms with Gasteiger partial charge in [0.15, 0.2) is 5.76 Å². The molecule has 10 heteroatoms. The Bertz CT molecular complexity index is 1330. The van der Waals surface area contributed by atoms with Crippen molar-refractivity contribution < 1.29 is 14.4 Å². The van der Waals surface area contributed by atoms with Crippen LogP contribution in [0.5, 0.6) is 5.75 Å². The van der Waals surface area contributed by atoms with Crippen molar-refractivity contribution in [2.45, 2.75) is 18.9 Å². The molecule has 0 unspecified atom stereocenters. The van der Waals surface area contributed by atoms with E-state index >= 15 is 0 Å². The Morgan fingerprint density at radius 2 is 1.94 bits per heavy atom. The van der Waals surface area contributed by atoms with Gasteiger partial charge >= 0.3 is 0 Å². The van der Waals surface area contributed by atoms with Crippen LogP contribution in [0.15, 0.2) is 64.6 Å². The maximum absolute atomic E-state index is 9.65. The van der Waals surface area contributed by atoms with Gasteiger partial charge in [-0.25, -0.2) is 4.98 Å². The fourth-order valence-corrected chi connectivity index (χ4v) is 4.47. The summed E-state index contributed by atoms with van der Waals surface area (Å²) in [5.74, 6) is 1.26. The summed E-state index contributed by atoms with van der Waals surface area (Å²) in [6, 6.07) is 13.9. The minimum atomic E-state index is 0. The van der Waals surface area contributed by atoms with Gasteiger partial charge in [0.25, 0.3) is 0 Å². The third-order valence-corrected chi connectivity index (χ3v) is 6.46.